The predicted molar refractivity (Wildman–Crippen MR) is 65.2 cm³/mol. The highest BCUT2D eigenvalue weighted by Gasteiger charge is 2.16. The molecule has 0 aliphatic heterocycles. The van der Waals surface area contributed by atoms with E-state index in [4.69, 9.17) is 33.7 Å². The van der Waals surface area contributed by atoms with Crippen molar-refractivity contribution >= 4 is 29.0 Å². The lowest BCUT2D eigenvalue weighted by atomic mass is 10.0. The molecule has 16 heavy (non-hydrogen) atoms. The molecule has 1 rings (SSSR count). The second-order valence-electron chi connectivity index (χ2n) is 3.50. The van der Waals surface area contributed by atoms with Crippen molar-refractivity contribution in [1.29, 1.82) is 0 Å². The van der Waals surface area contributed by atoms with Gasteiger partial charge in [-0.25, -0.2) is 0 Å². The summed E-state index contributed by atoms with van der Waals surface area (Å²) in [6.07, 6.45) is 0.238. The number of halogens is 2. The van der Waals surface area contributed by atoms with Crippen LogP contribution in [0, 0.1) is 0 Å². The van der Waals surface area contributed by atoms with Gasteiger partial charge < -0.3 is 10.5 Å². The van der Waals surface area contributed by atoms with E-state index >= 15 is 0 Å². The average Bonchev–Trinajstić information content (AvgIpc) is 2.20. The Kier molecular flexibility index (Phi) is 4.59. The van der Waals surface area contributed by atoms with Crippen LogP contribution in [0.3, 0.4) is 0 Å². The van der Waals surface area contributed by atoms with Crippen LogP contribution in [0.25, 0.3) is 0 Å². The van der Waals surface area contributed by atoms with Crippen LogP contribution in [0.5, 0.6) is 5.75 Å². The van der Waals surface area contributed by atoms with Crippen LogP contribution < -0.4 is 10.5 Å². The van der Waals surface area contributed by atoms with Gasteiger partial charge in [0.05, 0.1) is 12.1 Å². The molecule has 2 N–H and O–H groups in total. The Bertz CT molecular complexity index is 407. The van der Waals surface area contributed by atoms with Gasteiger partial charge in [-0.3, -0.25) is 4.79 Å². The van der Waals surface area contributed by atoms with E-state index in [0.29, 0.717) is 21.4 Å². The van der Waals surface area contributed by atoms with Crippen LogP contribution in [-0.2, 0) is 4.79 Å². The summed E-state index contributed by atoms with van der Waals surface area (Å²) in [7, 11) is 1.51. The summed E-state index contributed by atoms with van der Waals surface area (Å²) in [5.41, 5.74) is 6.51. The molecule has 88 valence electrons. The zero-order chi connectivity index (χ0) is 12.3. The van der Waals surface area contributed by atoms with E-state index in [1.807, 2.05) is 0 Å². The molecule has 0 saturated heterocycles. The van der Waals surface area contributed by atoms with Gasteiger partial charge in [-0.1, -0.05) is 29.3 Å². The Balaban J connectivity index is 3.06. The number of benzene rings is 1. The zero-order valence-electron chi connectivity index (χ0n) is 9.09. The van der Waals surface area contributed by atoms with Crippen molar-refractivity contribution in [3.05, 3.63) is 27.7 Å². The van der Waals surface area contributed by atoms with Gasteiger partial charge in [0, 0.05) is 12.5 Å². The number of rotatable bonds is 4. The predicted octanol–water partition coefficient (Wildman–Crippen LogP) is 2.98. The molecule has 1 aromatic rings. The first-order chi connectivity index (χ1) is 7.47. The quantitative estimate of drug-likeness (QED) is 0.907. The van der Waals surface area contributed by atoms with Gasteiger partial charge in [0.2, 0.25) is 0 Å². The minimum atomic E-state index is -0.437. The molecule has 3 nitrogen and oxygen atoms in total. The number of hydrogen-bond donors (Lipinski definition) is 1. The summed E-state index contributed by atoms with van der Waals surface area (Å²) < 4.78 is 5.02. The largest absolute Gasteiger partial charge is 0.495 e. The molecule has 0 aromatic heterocycles. The maximum Gasteiger partial charge on any atom is 0.139 e. The Hall–Kier alpha value is -0.770. The SMILES string of the molecule is COc1ccc(C(N)CC(C)=O)c(Cl)c1Cl. The summed E-state index contributed by atoms with van der Waals surface area (Å²) in [4.78, 5) is 11.0. The molecule has 0 amide bonds. The van der Waals surface area contributed by atoms with Crippen molar-refractivity contribution in [1.82, 2.24) is 0 Å². The minimum Gasteiger partial charge on any atom is -0.495 e. The Morgan fingerprint density at radius 1 is 1.44 bits per heavy atom. The van der Waals surface area contributed by atoms with Gasteiger partial charge >= 0.3 is 0 Å². The van der Waals surface area contributed by atoms with Crippen LogP contribution in [0.4, 0.5) is 0 Å². The van der Waals surface area contributed by atoms with E-state index < -0.39 is 6.04 Å². The van der Waals surface area contributed by atoms with Crippen LogP contribution >= 0.6 is 23.2 Å². The highest BCUT2D eigenvalue weighted by Crippen LogP contribution is 2.37. The maximum absolute atomic E-state index is 11.0. The van der Waals surface area contributed by atoms with Crippen molar-refractivity contribution in [2.45, 2.75) is 19.4 Å². The number of methoxy groups -OCH3 is 1. The fourth-order valence-corrected chi connectivity index (χ4v) is 1.96. The molecule has 0 saturated carbocycles. The minimum absolute atomic E-state index is 0.00973. The zero-order valence-corrected chi connectivity index (χ0v) is 10.6. The Morgan fingerprint density at radius 3 is 2.56 bits per heavy atom. The molecule has 0 bridgehead atoms. The van der Waals surface area contributed by atoms with Gasteiger partial charge in [0.15, 0.2) is 0 Å². The molecule has 0 aliphatic carbocycles. The Labute approximate surface area is 104 Å². The van der Waals surface area contributed by atoms with Crippen molar-refractivity contribution in [3.63, 3.8) is 0 Å². The molecule has 1 atom stereocenters. The number of ketones is 1. The lowest BCUT2D eigenvalue weighted by molar-refractivity contribution is -0.117. The fraction of sp³-hybridized carbons (Fsp3) is 0.364. The van der Waals surface area contributed by atoms with Crippen LogP contribution in [-0.4, -0.2) is 12.9 Å². The standard InChI is InChI=1S/C11H13Cl2NO2/c1-6(15)5-8(14)7-3-4-9(16-2)11(13)10(7)12/h3-4,8H,5,14H2,1-2H3. The topological polar surface area (TPSA) is 52.3 Å². The number of carbonyl (C=O) groups excluding carboxylic acids is 1. The van der Waals surface area contributed by atoms with E-state index in [0.717, 1.165) is 0 Å². The van der Waals surface area contributed by atoms with E-state index in [9.17, 15) is 4.79 Å². The van der Waals surface area contributed by atoms with E-state index in [1.54, 1.807) is 12.1 Å². The lowest BCUT2D eigenvalue weighted by Gasteiger charge is -2.14. The molecule has 1 aromatic carbocycles. The van der Waals surface area contributed by atoms with Crippen molar-refractivity contribution < 1.29 is 9.53 Å². The van der Waals surface area contributed by atoms with Crippen LogP contribution in [0.15, 0.2) is 12.1 Å². The van der Waals surface area contributed by atoms with Gasteiger partial charge in [-0.2, -0.15) is 0 Å². The number of Topliss-reactive ketones (excluding diaryl/α,β-unsaturated/α-hetero) is 1. The highest BCUT2D eigenvalue weighted by molar-refractivity contribution is 6.43. The van der Waals surface area contributed by atoms with Gasteiger partial charge in [0.1, 0.15) is 16.6 Å². The third-order valence-corrected chi connectivity index (χ3v) is 3.08. The van der Waals surface area contributed by atoms with Crippen molar-refractivity contribution in [2.75, 3.05) is 7.11 Å². The molecule has 0 aliphatic rings. The van der Waals surface area contributed by atoms with Gasteiger partial charge in [0.25, 0.3) is 0 Å². The first kappa shape index (κ1) is 13.3. The molecule has 5 heteroatoms. The summed E-state index contributed by atoms with van der Waals surface area (Å²) in [6.45, 7) is 1.49. The molecule has 0 spiro atoms. The molecule has 0 radical (unpaired) electrons. The first-order valence-corrected chi connectivity index (χ1v) is 5.49. The average molecular weight is 262 g/mol. The number of ether oxygens (including phenoxy) is 1. The highest BCUT2D eigenvalue weighted by atomic mass is 35.5. The molecule has 0 heterocycles. The van der Waals surface area contributed by atoms with Crippen LogP contribution in [0.1, 0.15) is 24.9 Å². The fourth-order valence-electron chi connectivity index (χ4n) is 1.41. The van der Waals surface area contributed by atoms with Crippen molar-refractivity contribution in [2.24, 2.45) is 5.73 Å². The second kappa shape index (κ2) is 5.53. The summed E-state index contributed by atoms with van der Waals surface area (Å²) >= 11 is 12.0. The normalized spacial score (nSPS) is 12.3. The molecular weight excluding hydrogens is 249 g/mol. The smallest absolute Gasteiger partial charge is 0.139 e. The summed E-state index contributed by atoms with van der Waals surface area (Å²) in [6, 6.07) is 2.97. The van der Waals surface area contributed by atoms with E-state index in [1.165, 1.54) is 14.0 Å². The second-order valence-corrected chi connectivity index (χ2v) is 4.25. The van der Waals surface area contributed by atoms with Gasteiger partial charge in [-0.05, 0) is 18.6 Å². The number of carbonyl (C=O) groups is 1. The Morgan fingerprint density at radius 2 is 2.06 bits per heavy atom. The van der Waals surface area contributed by atoms with Gasteiger partial charge in [-0.15, -0.1) is 0 Å². The first-order valence-electron chi connectivity index (χ1n) is 4.74. The maximum atomic E-state index is 11.0. The molecular formula is C11H13Cl2NO2. The third kappa shape index (κ3) is 2.88. The lowest BCUT2D eigenvalue weighted by Crippen LogP contribution is -2.14. The summed E-state index contributed by atoms with van der Waals surface area (Å²) in [5.74, 6) is 0.501. The number of nitrogens with two attached hydrogens (primary N) is 1. The van der Waals surface area contributed by atoms with Crippen molar-refractivity contribution in [3.8, 4) is 5.75 Å². The molecule has 0 fully saturated rings. The van der Waals surface area contributed by atoms with E-state index in [-0.39, 0.29) is 12.2 Å². The third-order valence-electron chi connectivity index (χ3n) is 2.20. The number of hydrogen-bond acceptors (Lipinski definition) is 3. The van der Waals surface area contributed by atoms with Crippen LogP contribution in [0.2, 0.25) is 10.0 Å². The summed E-state index contributed by atoms with van der Waals surface area (Å²) in [5, 5.41) is 0.662. The monoisotopic (exact) mass is 261 g/mol. The molecule has 1 unspecified atom stereocenters. The van der Waals surface area contributed by atoms with E-state index in [2.05, 4.69) is 0 Å².